The highest BCUT2D eigenvalue weighted by molar-refractivity contribution is 5.74. The molecule has 1 heterocycles. The molecule has 0 radical (unpaired) electrons. The molecule has 104 valence electrons. The molecule has 0 saturated heterocycles. The van der Waals surface area contributed by atoms with Crippen molar-refractivity contribution >= 4 is 6.03 Å². The number of carbonyl (C=O) groups is 1. The van der Waals surface area contributed by atoms with Crippen molar-refractivity contribution < 1.29 is 14.3 Å². The molecule has 0 atom stereocenters. The minimum Gasteiger partial charge on any atom is -0.493 e. The molecule has 2 amide bonds. The number of hydrogen-bond acceptors (Lipinski definition) is 3. The standard InChI is InChI=1S/C14H20N2O3/c1-15(2)14(17)16-6-5-10-7-12(18-3)13(19-4)8-11(10)9-16/h7-8H,5-6,9H2,1-4H3. The van der Waals surface area contributed by atoms with Gasteiger partial charge in [-0.3, -0.25) is 0 Å². The summed E-state index contributed by atoms with van der Waals surface area (Å²) in [5, 5.41) is 0. The molecule has 0 bridgehead atoms. The van der Waals surface area contributed by atoms with Gasteiger partial charge in [-0.15, -0.1) is 0 Å². The first-order chi connectivity index (χ1) is 9.06. The van der Waals surface area contributed by atoms with Crippen molar-refractivity contribution in [2.75, 3.05) is 34.9 Å². The van der Waals surface area contributed by atoms with Crippen LogP contribution in [0.4, 0.5) is 4.79 Å². The minimum absolute atomic E-state index is 0.0421. The molecule has 5 nitrogen and oxygen atoms in total. The number of benzene rings is 1. The zero-order valence-electron chi connectivity index (χ0n) is 11.9. The number of methoxy groups -OCH3 is 2. The molecule has 0 spiro atoms. The molecule has 1 aromatic rings. The maximum atomic E-state index is 12.0. The molecular formula is C14H20N2O3. The molecule has 0 fully saturated rings. The molecule has 0 N–H and O–H groups in total. The van der Waals surface area contributed by atoms with Crippen molar-refractivity contribution in [3.8, 4) is 11.5 Å². The molecule has 0 aromatic heterocycles. The van der Waals surface area contributed by atoms with Crippen molar-refractivity contribution in [2.24, 2.45) is 0 Å². The summed E-state index contributed by atoms with van der Waals surface area (Å²) in [5.41, 5.74) is 2.35. The Morgan fingerprint density at radius 1 is 1.16 bits per heavy atom. The number of hydrogen-bond donors (Lipinski definition) is 0. The predicted octanol–water partition coefficient (Wildman–Crippen LogP) is 1.74. The Labute approximate surface area is 113 Å². The summed E-state index contributed by atoms with van der Waals surface area (Å²) >= 11 is 0. The highest BCUT2D eigenvalue weighted by Crippen LogP contribution is 2.33. The number of carbonyl (C=O) groups excluding carboxylic acids is 1. The Morgan fingerprint density at radius 2 is 1.74 bits per heavy atom. The SMILES string of the molecule is COc1cc2c(cc1OC)CN(C(=O)N(C)C)CC2. The van der Waals surface area contributed by atoms with Gasteiger partial charge in [0, 0.05) is 27.2 Å². The van der Waals surface area contributed by atoms with E-state index in [0.717, 1.165) is 24.3 Å². The average molecular weight is 264 g/mol. The van der Waals surface area contributed by atoms with Crippen molar-refractivity contribution in [2.45, 2.75) is 13.0 Å². The van der Waals surface area contributed by atoms with Crippen molar-refractivity contribution in [3.05, 3.63) is 23.3 Å². The normalized spacial score (nSPS) is 13.8. The van der Waals surface area contributed by atoms with Crippen LogP contribution < -0.4 is 9.47 Å². The number of rotatable bonds is 2. The summed E-state index contributed by atoms with van der Waals surface area (Å²) in [7, 11) is 6.80. The molecule has 2 rings (SSSR count). The smallest absolute Gasteiger partial charge is 0.319 e. The van der Waals surface area contributed by atoms with Gasteiger partial charge >= 0.3 is 6.03 Å². The van der Waals surface area contributed by atoms with E-state index in [-0.39, 0.29) is 6.03 Å². The van der Waals surface area contributed by atoms with Crippen LogP contribution in [0, 0.1) is 0 Å². The number of ether oxygens (including phenoxy) is 2. The van der Waals surface area contributed by atoms with Crippen molar-refractivity contribution in [1.29, 1.82) is 0 Å². The molecule has 5 heteroatoms. The highest BCUT2D eigenvalue weighted by Gasteiger charge is 2.23. The van der Waals surface area contributed by atoms with E-state index < -0.39 is 0 Å². The van der Waals surface area contributed by atoms with Crippen LogP contribution in [-0.2, 0) is 13.0 Å². The summed E-state index contributed by atoms with van der Waals surface area (Å²) in [4.78, 5) is 15.4. The van der Waals surface area contributed by atoms with E-state index in [0.29, 0.717) is 12.3 Å². The Morgan fingerprint density at radius 3 is 2.26 bits per heavy atom. The lowest BCUT2D eigenvalue weighted by Crippen LogP contribution is -2.42. The zero-order chi connectivity index (χ0) is 14.0. The van der Waals surface area contributed by atoms with Gasteiger partial charge in [0.05, 0.1) is 14.2 Å². The van der Waals surface area contributed by atoms with Gasteiger partial charge in [0.2, 0.25) is 0 Å². The quantitative estimate of drug-likeness (QED) is 0.817. The number of nitrogens with zero attached hydrogens (tertiary/aromatic N) is 2. The lowest BCUT2D eigenvalue weighted by atomic mass is 9.99. The van der Waals surface area contributed by atoms with Crippen LogP contribution in [0.5, 0.6) is 11.5 Å². The Kier molecular flexibility index (Phi) is 3.83. The van der Waals surface area contributed by atoms with E-state index in [1.54, 1.807) is 33.2 Å². The van der Waals surface area contributed by atoms with Gasteiger partial charge in [0.1, 0.15) is 0 Å². The van der Waals surface area contributed by atoms with E-state index in [1.165, 1.54) is 5.56 Å². The zero-order valence-corrected chi connectivity index (χ0v) is 11.9. The first-order valence-electron chi connectivity index (χ1n) is 6.26. The van der Waals surface area contributed by atoms with Gasteiger partial charge in [-0.25, -0.2) is 4.79 Å². The molecule has 0 unspecified atom stereocenters. The Hall–Kier alpha value is -1.91. The third-order valence-electron chi connectivity index (χ3n) is 3.37. The monoisotopic (exact) mass is 264 g/mol. The second kappa shape index (κ2) is 5.38. The third-order valence-corrected chi connectivity index (χ3v) is 3.37. The number of amides is 2. The first kappa shape index (κ1) is 13.5. The molecule has 0 saturated carbocycles. The highest BCUT2D eigenvalue weighted by atomic mass is 16.5. The maximum absolute atomic E-state index is 12.0. The van der Waals surface area contributed by atoms with Crippen LogP contribution in [0.3, 0.4) is 0 Å². The third kappa shape index (κ3) is 2.59. The van der Waals surface area contributed by atoms with E-state index in [9.17, 15) is 4.79 Å². The van der Waals surface area contributed by atoms with Crippen LogP contribution in [0.2, 0.25) is 0 Å². The summed E-state index contributed by atoms with van der Waals surface area (Å²) in [6.45, 7) is 1.35. The second-order valence-corrected chi connectivity index (χ2v) is 4.82. The average Bonchev–Trinajstić information content (AvgIpc) is 2.44. The second-order valence-electron chi connectivity index (χ2n) is 4.82. The van der Waals surface area contributed by atoms with E-state index in [2.05, 4.69) is 0 Å². The maximum Gasteiger partial charge on any atom is 0.319 e. The summed E-state index contributed by atoms with van der Waals surface area (Å²) in [5.74, 6) is 1.45. The lowest BCUT2D eigenvalue weighted by Gasteiger charge is -2.31. The largest absolute Gasteiger partial charge is 0.493 e. The molecular weight excluding hydrogens is 244 g/mol. The predicted molar refractivity (Wildman–Crippen MR) is 72.7 cm³/mol. The van der Waals surface area contributed by atoms with Crippen LogP contribution in [0.25, 0.3) is 0 Å². The lowest BCUT2D eigenvalue weighted by molar-refractivity contribution is 0.165. The first-order valence-corrected chi connectivity index (χ1v) is 6.26. The Balaban J connectivity index is 2.27. The number of urea groups is 1. The fraction of sp³-hybridized carbons (Fsp3) is 0.500. The van der Waals surface area contributed by atoms with Crippen LogP contribution in [0.15, 0.2) is 12.1 Å². The van der Waals surface area contributed by atoms with E-state index in [1.807, 2.05) is 17.0 Å². The van der Waals surface area contributed by atoms with Gasteiger partial charge in [0.15, 0.2) is 11.5 Å². The van der Waals surface area contributed by atoms with E-state index in [4.69, 9.17) is 9.47 Å². The molecule has 0 aliphatic carbocycles. The van der Waals surface area contributed by atoms with Crippen molar-refractivity contribution in [1.82, 2.24) is 9.80 Å². The molecule has 1 aliphatic rings. The fourth-order valence-electron chi connectivity index (χ4n) is 2.33. The summed E-state index contributed by atoms with van der Waals surface area (Å²) in [6, 6.07) is 4.01. The fourth-order valence-corrected chi connectivity index (χ4v) is 2.33. The summed E-state index contributed by atoms with van der Waals surface area (Å²) in [6.07, 6.45) is 0.843. The van der Waals surface area contributed by atoms with Gasteiger partial charge in [-0.1, -0.05) is 0 Å². The van der Waals surface area contributed by atoms with E-state index >= 15 is 0 Å². The van der Waals surface area contributed by atoms with Crippen LogP contribution >= 0.6 is 0 Å². The molecule has 1 aliphatic heterocycles. The summed E-state index contributed by atoms with van der Waals surface area (Å²) < 4.78 is 10.6. The van der Waals surface area contributed by atoms with Crippen LogP contribution in [-0.4, -0.2) is 50.7 Å². The molecule has 19 heavy (non-hydrogen) atoms. The topological polar surface area (TPSA) is 42.0 Å². The number of fused-ring (bicyclic) bond motifs is 1. The van der Waals surface area contributed by atoms with Crippen LogP contribution in [0.1, 0.15) is 11.1 Å². The van der Waals surface area contributed by atoms with Gasteiger partial charge in [-0.2, -0.15) is 0 Å². The minimum atomic E-state index is 0.0421. The van der Waals surface area contributed by atoms with Crippen molar-refractivity contribution in [3.63, 3.8) is 0 Å². The van der Waals surface area contributed by atoms with Gasteiger partial charge in [-0.05, 0) is 29.7 Å². The van der Waals surface area contributed by atoms with Gasteiger partial charge in [0.25, 0.3) is 0 Å². The molecule has 1 aromatic carbocycles. The Bertz CT molecular complexity index is 486. The van der Waals surface area contributed by atoms with Gasteiger partial charge < -0.3 is 19.3 Å².